The highest BCUT2D eigenvalue weighted by molar-refractivity contribution is 5.80. The Bertz CT molecular complexity index is 902. The van der Waals surface area contributed by atoms with Gasteiger partial charge in [0.05, 0.1) is 0 Å². The number of aliphatic carboxylic acids is 1. The molecule has 47 heavy (non-hydrogen) atoms. The van der Waals surface area contributed by atoms with Crippen molar-refractivity contribution in [1.82, 2.24) is 5.32 Å². The van der Waals surface area contributed by atoms with E-state index in [0.29, 0.717) is 12.8 Å². The Hall–Kier alpha value is -2.89. The summed E-state index contributed by atoms with van der Waals surface area (Å²) in [7, 11) is 0. The van der Waals surface area contributed by atoms with Crippen molar-refractivity contribution in [2.75, 3.05) is 6.54 Å². The van der Waals surface area contributed by atoms with Crippen molar-refractivity contribution in [3.05, 3.63) is 60.8 Å². The molecule has 0 aliphatic heterocycles. The van der Waals surface area contributed by atoms with Crippen molar-refractivity contribution in [2.45, 2.75) is 174 Å². The van der Waals surface area contributed by atoms with Crippen LogP contribution in [-0.4, -0.2) is 35.6 Å². The zero-order valence-corrected chi connectivity index (χ0v) is 30.1. The quantitative estimate of drug-likeness (QED) is 0.0417. The minimum Gasteiger partial charge on any atom is -0.480 e. The molecule has 0 rings (SSSR count). The molecule has 0 bridgehead atoms. The Balaban J connectivity index is 3.97. The maximum atomic E-state index is 12.6. The fraction of sp³-hybridized carbons (Fsp3) is 0.683. The third kappa shape index (κ3) is 35.8. The van der Waals surface area contributed by atoms with E-state index in [1.165, 1.54) is 38.5 Å². The predicted molar refractivity (Wildman–Crippen MR) is 198 cm³/mol. The van der Waals surface area contributed by atoms with Crippen molar-refractivity contribution in [1.29, 1.82) is 0 Å². The van der Waals surface area contributed by atoms with Gasteiger partial charge in [0.25, 0.3) is 0 Å². The molecule has 0 aliphatic rings. The molecule has 6 nitrogen and oxygen atoms in total. The Morgan fingerprint density at radius 3 is 1.60 bits per heavy atom. The molecule has 6 heteroatoms. The summed E-state index contributed by atoms with van der Waals surface area (Å²) in [6, 6.07) is 0. The molecule has 1 atom stereocenters. The number of carboxylic acid groups (broad SMARTS) is 1. The highest BCUT2D eigenvalue weighted by Gasteiger charge is 2.14. The number of rotatable bonds is 33. The van der Waals surface area contributed by atoms with Crippen LogP contribution < -0.4 is 5.32 Å². The van der Waals surface area contributed by atoms with Crippen LogP contribution in [0, 0.1) is 0 Å². The lowest BCUT2D eigenvalue weighted by molar-refractivity contribution is -0.150. The van der Waals surface area contributed by atoms with Crippen molar-refractivity contribution >= 4 is 17.8 Å². The standard InChI is InChI=1S/C41H69NO5/c1-3-5-7-9-10-11-12-13-14-15-16-17-18-19-20-21-22-23-24-26-32-36-41(46)47-38(33-29-25-8-6-4-2)34-30-27-28-31-35-39(43)42-37-40(44)45/h5,7,10-11,13-14,16-17,19-20,38H,3-4,6,8-9,12,15,18,21-37H2,1-2H3,(H,42,43)(H,44,45)/b7-5-,11-10-,14-13-,17-16-,20-19-. The number of unbranched alkanes of at least 4 members (excludes halogenated alkanes) is 12. The molecule has 0 spiro atoms. The first-order chi connectivity index (χ1) is 23.0. The van der Waals surface area contributed by atoms with E-state index in [-0.39, 0.29) is 24.5 Å². The first-order valence-corrected chi connectivity index (χ1v) is 18.9. The first kappa shape index (κ1) is 44.1. The van der Waals surface area contributed by atoms with Gasteiger partial charge in [-0.05, 0) is 83.5 Å². The van der Waals surface area contributed by atoms with Crippen LogP contribution in [0.2, 0.25) is 0 Å². The van der Waals surface area contributed by atoms with E-state index in [1.807, 2.05) is 0 Å². The summed E-state index contributed by atoms with van der Waals surface area (Å²) in [5, 5.41) is 11.0. The smallest absolute Gasteiger partial charge is 0.322 e. The van der Waals surface area contributed by atoms with Gasteiger partial charge >= 0.3 is 11.9 Å². The lowest BCUT2D eigenvalue weighted by atomic mass is 10.0. The molecule has 0 aromatic rings. The highest BCUT2D eigenvalue weighted by Crippen LogP contribution is 2.18. The third-order valence-corrected chi connectivity index (χ3v) is 7.95. The molecule has 268 valence electrons. The highest BCUT2D eigenvalue weighted by atomic mass is 16.5. The summed E-state index contributed by atoms with van der Waals surface area (Å²) < 4.78 is 5.92. The Morgan fingerprint density at radius 1 is 0.574 bits per heavy atom. The summed E-state index contributed by atoms with van der Waals surface area (Å²) in [5.74, 6) is -1.30. The molecule has 0 aromatic heterocycles. The summed E-state index contributed by atoms with van der Waals surface area (Å²) >= 11 is 0. The fourth-order valence-electron chi connectivity index (χ4n) is 5.19. The number of allylic oxidation sites excluding steroid dienone is 10. The van der Waals surface area contributed by atoms with Gasteiger partial charge in [0.15, 0.2) is 0 Å². The van der Waals surface area contributed by atoms with Crippen LogP contribution in [0.1, 0.15) is 168 Å². The molecular weight excluding hydrogens is 586 g/mol. The second-order valence-electron chi connectivity index (χ2n) is 12.5. The topological polar surface area (TPSA) is 92.7 Å². The van der Waals surface area contributed by atoms with Crippen LogP contribution in [0.4, 0.5) is 0 Å². The number of esters is 1. The molecule has 0 fully saturated rings. The molecule has 2 N–H and O–H groups in total. The van der Waals surface area contributed by atoms with E-state index in [9.17, 15) is 14.4 Å². The number of carboxylic acids is 1. The van der Waals surface area contributed by atoms with Gasteiger partial charge in [-0.25, -0.2) is 0 Å². The van der Waals surface area contributed by atoms with Gasteiger partial charge in [0, 0.05) is 12.8 Å². The zero-order valence-electron chi connectivity index (χ0n) is 30.1. The normalized spacial score (nSPS) is 12.7. The van der Waals surface area contributed by atoms with E-state index < -0.39 is 5.97 Å². The van der Waals surface area contributed by atoms with Gasteiger partial charge in [-0.2, -0.15) is 0 Å². The molecule has 1 unspecified atom stereocenters. The molecule has 0 radical (unpaired) electrons. The number of hydrogen-bond acceptors (Lipinski definition) is 4. The molecule has 0 aromatic carbocycles. The summed E-state index contributed by atoms with van der Waals surface area (Å²) in [4.78, 5) is 34.8. The molecule has 1 amide bonds. The van der Waals surface area contributed by atoms with Crippen LogP contribution in [0.15, 0.2) is 60.8 Å². The van der Waals surface area contributed by atoms with Crippen LogP contribution in [0.3, 0.4) is 0 Å². The van der Waals surface area contributed by atoms with Gasteiger partial charge in [-0.15, -0.1) is 0 Å². The van der Waals surface area contributed by atoms with Gasteiger partial charge in [-0.3, -0.25) is 14.4 Å². The first-order valence-electron chi connectivity index (χ1n) is 18.9. The minimum absolute atomic E-state index is 0.00791. The zero-order chi connectivity index (χ0) is 34.5. The number of ether oxygens (including phenoxy) is 1. The van der Waals surface area contributed by atoms with E-state index in [1.54, 1.807) is 0 Å². The summed E-state index contributed by atoms with van der Waals surface area (Å²) in [6.45, 7) is 4.05. The molecule has 0 heterocycles. The lowest BCUT2D eigenvalue weighted by Gasteiger charge is -2.18. The average Bonchev–Trinajstić information content (AvgIpc) is 3.05. The Morgan fingerprint density at radius 2 is 1.04 bits per heavy atom. The number of carbonyl (C=O) groups excluding carboxylic acids is 2. The average molecular weight is 656 g/mol. The Labute approximate surface area is 288 Å². The number of nitrogens with one attached hydrogen (secondary N) is 1. The monoisotopic (exact) mass is 656 g/mol. The number of amides is 1. The second kappa shape index (κ2) is 36.0. The van der Waals surface area contributed by atoms with Gasteiger partial charge in [0.2, 0.25) is 5.91 Å². The van der Waals surface area contributed by atoms with Gasteiger partial charge < -0.3 is 15.2 Å². The Kier molecular flexibility index (Phi) is 33.7. The van der Waals surface area contributed by atoms with E-state index in [2.05, 4.69) is 79.9 Å². The van der Waals surface area contributed by atoms with E-state index in [4.69, 9.17) is 9.84 Å². The molecule has 0 saturated carbocycles. The maximum absolute atomic E-state index is 12.6. The van der Waals surface area contributed by atoms with Gasteiger partial charge in [0.1, 0.15) is 12.6 Å². The molecule has 0 saturated heterocycles. The van der Waals surface area contributed by atoms with Crippen molar-refractivity contribution in [2.24, 2.45) is 0 Å². The van der Waals surface area contributed by atoms with Crippen LogP contribution in [-0.2, 0) is 19.1 Å². The van der Waals surface area contributed by atoms with E-state index in [0.717, 1.165) is 103 Å². The molecule has 0 aliphatic carbocycles. The van der Waals surface area contributed by atoms with Crippen molar-refractivity contribution < 1.29 is 24.2 Å². The largest absolute Gasteiger partial charge is 0.480 e. The fourth-order valence-corrected chi connectivity index (χ4v) is 5.19. The molecular formula is C41H69NO5. The summed E-state index contributed by atoms with van der Waals surface area (Å²) in [5.41, 5.74) is 0. The maximum Gasteiger partial charge on any atom is 0.322 e. The van der Waals surface area contributed by atoms with Crippen LogP contribution in [0.25, 0.3) is 0 Å². The van der Waals surface area contributed by atoms with Crippen LogP contribution in [0.5, 0.6) is 0 Å². The summed E-state index contributed by atoms with van der Waals surface area (Å²) in [6.07, 6.45) is 46.4. The second-order valence-corrected chi connectivity index (χ2v) is 12.5. The lowest BCUT2D eigenvalue weighted by Crippen LogP contribution is -2.28. The SMILES string of the molecule is CC/C=C\C/C=C\C/C=C\C/C=C\C/C=C\CCCCCCCC(=O)OC(CCCCCCC)CCCCCCC(=O)NCC(=O)O. The van der Waals surface area contributed by atoms with Crippen molar-refractivity contribution in [3.63, 3.8) is 0 Å². The van der Waals surface area contributed by atoms with E-state index >= 15 is 0 Å². The van der Waals surface area contributed by atoms with Gasteiger partial charge in [-0.1, -0.05) is 132 Å². The third-order valence-electron chi connectivity index (χ3n) is 7.95. The predicted octanol–water partition coefficient (Wildman–Crippen LogP) is 11.3. The minimum atomic E-state index is -1.03. The van der Waals surface area contributed by atoms with Crippen molar-refractivity contribution in [3.8, 4) is 0 Å². The number of carbonyl (C=O) groups is 3. The number of hydrogen-bond donors (Lipinski definition) is 2. The van der Waals surface area contributed by atoms with Crippen LogP contribution >= 0.6 is 0 Å².